The summed E-state index contributed by atoms with van der Waals surface area (Å²) >= 11 is 1.69. The van der Waals surface area contributed by atoms with E-state index in [0.717, 1.165) is 35.0 Å². The number of hydrogen-bond donors (Lipinski definition) is 0. The molecule has 1 aliphatic heterocycles. The first-order chi connectivity index (χ1) is 13.2. The van der Waals surface area contributed by atoms with Crippen LogP contribution in [0.2, 0.25) is 0 Å². The highest BCUT2D eigenvalue weighted by atomic mass is 32.2. The van der Waals surface area contributed by atoms with Gasteiger partial charge in [0, 0.05) is 23.5 Å². The van der Waals surface area contributed by atoms with Crippen molar-refractivity contribution < 1.29 is 4.79 Å². The van der Waals surface area contributed by atoms with Gasteiger partial charge in [-0.15, -0.1) is 11.8 Å². The van der Waals surface area contributed by atoms with Crippen molar-refractivity contribution >= 4 is 28.9 Å². The van der Waals surface area contributed by atoms with Crippen LogP contribution in [0.1, 0.15) is 22.3 Å². The number of rotatable bonds is 4. The first kappa shape index (κ1) is 17.5. The van der Waals surface area contributed by atoms with Gasteiger partial charge in [0.25, 0.3) is 0 Å². The molecule has 4 rings (SSSR count). The molecule has 1 fully saturated rings. The maximum absolute atomic E-state index is 13.4. The molecule has 1 aromatic heterocycles. The second-order valence-corrected chi connectivity index (χ2v) is 7.46. The molecular formula is C21H20N4OS. The Labute approximate surface area is 162 Å². The summed E-state index contributed by atoms with van der Waals surface area (Å²) in [6.45, 7) is 2.88. The minimum atomic E-state index is -0.0502. The van der Waals surface area contributed by atoms with Crippen LogP contribution in [0.15, 0.2) is 72.3 Å². The minimum absolute atomic E-state index is 0.0502. The minimum Gasteiger partial charge on any atom is -0.334 e. The van der Waals surface area contributed by atoms with E-state index in [-0.39, 0.29) is 5.78 Å². The predicted molar refractivity (Wildman–Crippen MR) is 110 cm³/mol. The molecule has 27 heavy (non-hydrogen) atoms. The van der Waals surface area contributed by atoms with E-state index >= 15 is 0 Å². The van der Waals surface area contributed by atoms with Gasteiger partial charge >= 0.3 is 0 Å². The summed E-state index contributed by atoms with van der Waals surface area (Å²) in [6.07, 6.45) is 4.11. The highest BCUT2D eigenvalue weighted by Crippen LogP contribution is 2.36. The molecule has 0 amide bonds. The first-order valence-corrected chi connectivity index (χ1v) is 9.88. The van der Waals surface area contributed by atoms with E-state index in [1.54, 1.807) is 22.8 Å². The lowest BCUT2D eigenvalue weighted by Gasteiger charge is -2.32. The lowest BCUT2D eigenvalue weighted by molar-refractivity contribution is 0.104. The quantitative estimate of drug-likeness (QED) is 0.504. The third-order valence-corrected chi connectivity index (χ3v) is 5.64. The number of hydrogen-bond acceptors (Lipinski definition) is 5. The number of para-hydroxylation sites is 1. The smallest absolute Gasteiger partial charge is 0.214 e. The Morgan fingerprint density at radius 3 is 2.56 bits per heavy atom. The van der Waals surface area contributed by atoms with Gasteiger partial charge in [-0.3, -0.25) is 4.79 Å². The fraction of sp³-hybridized carbons (Fsp3) is 0.190. The van der Waals surface area contributed by atoms with Crippen LogP contribution in [0.3, 0.4) is 0 Å². The molecule has 136 valence electrons. The van der Waals surface area contributed by atoms with Crippen molar-refractivity contribution in [1.82, 2.24) is 14.8 Å². The van der Waals surface area contributed by atoms with Gasteiger partial charge in [-0.1, -0.05) is 48.0 Å². The van der Waals surface area contributed by atoms with E-state index in [9.17, 15) is 4.79 Å². The molecule has 2 heterocycles. The molecule has 3 aromatic rings. The second kappa shape index (κ2) is 7.80. The molecule has 0 bridgehead atoms. The molecule has 0 unspecified atom stereocenters. The number of benzene rings is 2. The monoisotopic (exact) mass is 376 g/mol. The van der Waals surface area contributed by atoms with Crippen LogP contribution in [0, 0.1) is 6.92 Å². The normalized spacial score (nSPS) is 16.3. The van der Waals surface area contributed by atoms with Crippen molar-refractivity contribution in [1.29, 1.82) is 0 Å². The van der Waals surface area contributed by atoms with Crippen molar-refractivity contribution in [3.63, 3.8) is 0 Å². The number of aryl methyl sites for hydroxylation is 1. The van der Waals surface area contributed by atoms with Gasteiger partial charge in [0.15, 0.2) is 0 Å². The van der Waals surface area contributed by atoms with Crippen molar-refractivity contribution in [2.75, 3.05) is 17.2 Å². The number of anilines is 1. The molecule has 0 radical (unpaired) electrons. The molecule has 2 aromatic carbocycles. The summed E-state index contributed by atoms with van der Waals surface area (Å²) in [6, 6.07) is 17.8. The standard InChI is InChI=1S/C21H20N4OS/c1-16-8-10-17(11-9-16)20(26)19(25-15-22-14-23-25)21-24(12-5-13-27-21)18-6-3-2-4-7-18/h2-4,6-11,14-15H,5,12-13H2,1H3/b21-19-. The van der Waals surface area contributed by atoms with Gasteiger partial charge < -0.3 is 4.90 Å². The lowest BCUT2D eigenvalue weighted by atomic mass is 10.1. The Morgan fingerprint density at radius 1 is 1.07 bits per heavy atom. The van der Waals surface area contributed by atoms with Gasteiger partial charge in [0.1, 0.15) is 23.4 Å². The zero-order valence-corrected chi connectivity index (χ0v) is 15.9. The molecule has 1 aliphatic rings. The summed E-state index contributed by atoms with van der Waals surface area (Å²) in [4.78, 5) is 19.7. The Balaban J connectivity index is 1.85. The molecule has 0 atom stereocenters. The van der Waals surface area contributed by atoms with Gasteiger partial charge in [-0.25, -0.2) is 9.67 Å². The van der Waals surface area contributed by atoms with E-state index in [1.165, 1.54) is 6.33 Å². The largest absolute Gasteiger partial charge is 0.334 e. The van der Waals surface area contributed by atoms with E-state index in [1.807, 2.05) is 49.4 Å². The van der Waals surface area contributed by atoms with Gasteiger partial charge in [0.05, 0.1) is 0 Å². The molecule has 0 saturated carbocycles. The third kappa shape index (κ3) is 3.66. The third-order valence-electron chi connectivity index (χ3n) is 4.46. The highest BCUT2D eigenvalue weighted by Gasteiger charge is 2.27. The number of thioether (sulfide) groups is 1. The number of carbonyl (C=O) groups is 1. The highest BCUT2D eigenvalue weighted by molar-refractivity contribution is 8.03. The van der Waals surface area contributed by atoms with E-state index < -0.39 is 0 Å². The summed E-state index contributed by atoms with van der Waals surface area (Å²) in [5.74, 6) is 0.920. The average molecular weight is 376 g/mol. The fourth-order valence-electron chi connectivity index (χ4n) is 3.09. The van der Waals surface area contributed by atoms with Crippen LogP contribution in [-0.4, -0.2) is 32.8 Å². The molecule has 1 saturated heterocycles. The number of ketones is 1. The van der Waals surface area contributed by atoms with Crippen LogP contribution in [-0.2, 0) is 0 Å². The van der Waals surface area contributed by atoms with Crippen LogP contribution >= 0.6 is 11.8 Å². The molecule has 5 nitrogen and oxygen atoms in total. The summed E-state index contributed by atoms with van der Waals surface area (Å²) < 4.78 is 1.59. The van der Waals surface area contributed by atoms with Crippen molar-refractivity contribution in [3.05, 3.63) is 83.4 Å². The Kier molecular flexibility index (Phi) is 5.07. The van der Waals surface area contributed by atoms with E-state index in [4.69, 9.17) is 0 Å². The zero-order chi connectivity index (χ0) is 18.6. The number of allylic oxidation sites excluding steroid dienone is 1. The summed E-state index contributed by atoms with van der Waals surface area (Å²) in [7, 11) is 0. The van der Waals surface area contributed by atoms with Gasteiger partial charge in [-0.2, -0.15) is 5.10 Å². The zero-order valence-electron chi connectivity index (χ0n) is 15.1. The molecule has 0 spiro atoms. The first-order valence-electron chi connectivity index (χ1n) is 8.90. The lowest BCUT2D eigenvalue weighted by Crippen LogP contribution is -2.30. The van der Waals surface area contributed by atoms with Crippen LogP contribution in [0.25, 0.3) is 5.70 Å². The number of Topliss-reactive ketones (excluding diaryl/α,β-unsaturated/α-hetero) is 1. The van der Waals surface area contributed by atoms with Gasteiger partial charge in [-0.05, 0) is 25.5 Å². The van der Waals surface area contributed by atoms with Crippen LogP contribution in [0.4, 0.5) is 5.69 Å². The SMILES string of the molecule is Cc1ccc(C(=O)/C(=C2/SCCCN2c2ccccc2)n2cncn2)cc1. The van der Waals surface area contributed by atoms with E-state index in [2.05, 4.69) is 27.1 Å². The van der Waals surface area contributed by atoms with Crippen molar-refractivity contribution in [3.8, 4) is 0 Å². The summed E-state index contributed by atoms with van der Waals surface area (Å²) in [5.41, 5.74) is 3.40. The second-order valence-electron chi connectivity index (χ2n) is 6.38. The van der Waals surface area contributed by atoms with Crippen LogP contribution < -0.4 is 4.90 Å². The van der Waals surface area contributed by atoms with Crippen molar-refractivity contribution in [2.24, 2.45) is 0 Å². The average Bonchev–Trinajstić information content (AvgIpc) is 3.24. The number of aromatic nitrogens is 3. The van der Waals surface area contributed by atoms with Crippen LogP contribution in [0.5, 0.6) is 0 Å². The van der Waals surface area contributed by atoms with Gasteiger partial charge in [0.2, 0.25) is 5.78 Å². The molecule has 0 N–H and O–H groups in total. The Morgan fingerprint density at radius 2 is 1.85 bits per heavy atom. The Bertz CT molecular complexity index is 950. The maximum Gasteiger partial charge on any atom is 0.214 e. The number of carbonyl (C=O) groups excluding carboxylic acids is 1. The Hall–Kier alpha value is -2.86. The number of nitrogens with zero attached hydrogens (tertiary/aromatic N) is 4. The van der Waals surface area contributed by atoms with E-state index in [0.29, 0.717) is 11.3 Å². The summed E-state index contributed by atoms with van der Waals surface area (Å²) in [5, 5.41) is 5.19. The molecule has 6 heteroatoms. The maximum atomic E-state index is 13.4. The van der Waals surface area contributed by atoms with Crippen molar-refractivity contribution in [2.45, 2.75) is 13.3 Å². The fourth-order valence-corrected chi connectivity index (χ4v) is 4.23. The topological polar surface area (TPSA) is 51.0 Å². The molecular weight excluding hydrogens is 356 g/mol. The molecule has 0 aliphatic carbocycles. The predicted octanol–water partition coefficient (Wildman–Crippen LogP) is 4.24.